The molecule has 34 heavy (non-hydrogen) atoms. The van der Waals surface area contributed by atoms with Crippen LogP contribution in [0.4, 0.5) is 0 Å². The molecule has 2 fully saturated rings. The number of ether oxygens (including phenoxy) is 2. The molecule has 8 atom stereocenters. The molecule has 4 aliphatic carbocycles. The fourth-order valence-corrected chi connectivity index (χ4v) is 7.12. The maximum Gasteiger partial charge on any atom is 0.308 e. The Kier molecular flexibility index (Phi) is 5.92. The number of allylic oxidation sites excluding steroid dienone is 1. The molecule has 0 unspecified atom stereocenters. The van der Waals surface area contributed by atoms with E-state index in [4.69, 9.17) is 9.47 Å². The fraction of sp³-hybridized carbons (Fsp3) is 0.741. The molecule has 2 saturated carbocycles. The molecule has 0 saturated heterocycles. The Bertz CT molecular complexity index is 975. The van der Waals surface area contributed by atoms with Gasteiger partial charge in [0.2, 0.25) is 0 Å². The van der Waals surface area contributed by atoms with Crippen LogP contribution < -0.4 is 0 Å². The number of fused-ring (bicyclic) bond motifs is 3. The van der Waals surface area contributed by atoms with Gasteiger partial charge in [-0.15, -0.1) is 0 Å². The summed E-state index contributed by atoms with van der Waals surface area (Å²) in [5.41, 5.74) is -2.72. The maximum atomic E-state index is 14.4. The molecule has 0 amide bonds. The molecule has 2 N–H and O–H groups in total. The number of aliphatic hydroxyl groups is 2. The van der Waals surface area contributed by atoms with Crippen LogP contribution in [0, 0.1) is 40.4 Å². The second-order valence-electron chi connectivity index (χ2n) is 11.7. The van der Waals surface area contributed by atoms with Crippen molar-refractivity contribution in [3.05, 3.63) is 23.3 Å². The Hall–Kier alpha value is -1.99. The zero-order chi connectivity index (χ0) is 25.4. The van der Waals surface area contributed by atoms with Gasteiger partial charge < -0.3 is 19.7 Å². The number of esters is 2. The lowest BCUT2D eigenvalue weighted by atomic mass is 9.59. The summed E-state index contributed by atoms with van der Waals surface area (Å²) in [6.45, 7) is 12.8. The minimum Gasteiger partial charge on any atom is -0.461 e. The predicted molar refractivity (Wildman–Crippen MR) is 124 cm³/mol. The van der Waals surface area contributed by atoms with Gasteiger partial charge in [0.25, 0.3) is 0 Å². The van der Waals surface area contributed by atoms with Crippen molar-refractivity contribution in [2.45, 2.75) is 79.1 Å². The third-order valence-corrected chi connectivity index (χ3v) is 9.10. The van der Waals surface area contributed by atoms with Crippen LogP contribution in [0.15, 0.2) is 23.3 Å². The molecule has 0 heterocycles. The Balaban J connectivity index is 1.87. The first-order valence-electron chi connectivity index (χ1n) is 12.5. The van der Waals surface area contributed by atoms with E-state index in [-0.39, 0.29) is 53.5 Å². The smallest absolute Gasteiger partial charge is 0.308 e. The quantitative estimate of drug-likeness (QED) is 0.466. The molecule has 4 aliphatic rings. The predicted octanol–water partition coefficient (Wildman–Crippen LogP) is 2.98. The minimum absolute atomic E-state index is 0.0503. The van der Waals surface area contributed by atoms with Gasteiger partial charge in [0.05, 0.1) is 11.3 Å². The molecular formula is C27H38O7. The van der Waals surface area contributed by atoms with Crippen molar-refractivity contribution in [3.8, 4) is 0 Å². The number of ketones is 1. The number of Topliss-reactive ketones (excluding diaryl/α,β-unsaturated/α-hetero) is 1. The third kappa shape index (κ3) is 3.19. The van der Waals surface area contributed by atoms with E-state index in [2.05, 4.69) is 13.8 Å². The Morgan fingerprint density at radius 3 is 2.50 bits per heavy atom. The molecule has 0 aromatic carbocycles. The highest BCUT2D eigenvalue weighted by Crippen LogP contribution is 2.71. The summed E-state index contributed by atoms with van der Waals surface area (Å²) < 4.78 is 11.1. The average molecular weight is 475 g/mol. The van der Waals surface area contributed by atoms with E-state index in [1.807, 2.05) is 6.92 Å². The van der Waals surface area contributed by atoms with Crippen molar-refractivity contribution < 1.29 is 34.1 Å². The first kappa shape index (κ1) is 25.1. The second-order valence-corrected chi connectivity index (χ2v) is 11.7. The molecule has 0 aliphatic heterocycles. The molecule has 7 nitrogen and oxygen atoms in total. The van der Waals surface area contributed by atoms with E-state index in [1.54, 1.807) is 39.8 Å². The van der Waals surface area contributed by atoms with Crippen molar-refractivity contribution in [2.24, 2.45) is 40.4 Å². The summed E-state index contributed by atoms with van der Waals surface area (Å²) in [4.78, 5) is 38.9. The Morgan fingerprint density at radius 1 is 1.26 bits per heavy atom. The summed E-state index contributed by atoms with van der Waals surface area (Å²) in [5.74, 6) is -1.93. The summed E-state index contributed by atoms with van der Waals surface area (Å²) in [6.07, 6.45) is 1.57. The summed E-state index contributed by atoms with van der Waals surface area (Å²) in [7, 11) is 0. The van der Waals surface area contributed by atoms with Crippen LogP contribution in [0.5, 0.6) is 0 Å². The molecule has 0 aromatic rings. The molecule has 2 bridgehead atoms. The topological polar surface area (TPSA) is 110 Å². The molecule has 188 valence electrons. The van der Waals surface area contributed by atoms with Gasteiger partial charge in [0, 0.05) is 12.3 Å². The number of carbonyl (C=O) groups is 3. The van der Waals surface area contributed by atoms with Gasteiger partial charge in [0.15, 0.2) is 17.5 Å². The van der Waals surface area contributed by atoms with Gasteiger partial charge in [-0.3, -0.25) is 14.4 Å². The third-order valence-electron chi connectivity index (χ3n) is 9.10. The van der Waals surface area contributed by atoms with Crippen LogP contribution in [0.25, 0.3) is 0 Å². The largest absolute Gasteiger partial charge is 0.461 e. The SMILES string of the molecule is CCC(=O)O[C@H]1C(C)=C[C@]23C(=O)[C@@H](C=C(COC(=O)C(C)C)[C@@H](O)[C@]12O)[C@H]1[C@@H](C[C@H]3C)C1(C)C. The van der Waals surface area contributed by atoms with Crippen LogP contribution >= 0.6 is 0 Å². The Morgan fingerprint density at radius 2 is 1.91 bits per heavy atom. The number of hydrogen-bond acceptors (Lipinski definition) is 7. The molecule has 0 aromatic heterocycles. The molecule has 4 rings (SSSR count). The normalized spacial score (nSPS) is 42.0. The van der Waals surface area contributed by atoms with Crippen LogP contribution in [-0.2, 0) is 23.9 Å². The summed E-state index contributed by atoms with van der Waals surface area (Å²) in [6, 6.07) is 0. The molecular weight excluding hydrogens is 436 g/mol. The van der Waals surface area contributed by atoms with E-state index in [1.165, 1.54) is 0 Å². The summed E-state index contributed by atoms with van der Waals surface area (Å²) >= 11 is 0. The second kappa shape index (κ2) is 8.02. The molecule has 1 spiro atoms. The summed E-state index contributed by atoms with van der Waals surface area (Å²) in [5, 5.41) is 24.1. The van der Waals surface area contributed by atoms with Crippen molar-refractivity contribution >= 4 is 17.7 Å². The van der Waals surface area contributed by atoms with Crippen LogP contribution in [0.2, 0.25) is 0 Å². The van der Waals surface area contributed by atoms with Crippen LogP contribution in [0.3, 0.4) is 0 Å². The van der Waals surface area contributed by atoms with Gasteiger partial charge >= 0.3 is 11.9 Å². The Labute approximate surface area is 201 Å². The van der Waals surface area contributed by atoms with Crippen molar-refractivity contribution in [3.63, 3.8) is 0 Å². The first-order valence-corrected chi connectivity index (χ1v) is 12.5. The number of carbonyl (C=O) groups excluding carboxylic acids is 3. The highest BCUT2D eigenvalue weighted by Gasteiger charge is 2.76. The highest BCUT2D eigenvalue weighted by atomic mass is 16.6. The lowest BCUT2D eigenvalue weighted by Gasteiger charge is -2.48. The highest BCUT2D eigenvalue weighted by molar-refractivity contribution is 5.95. The zero-order valence-corrected chi connectivity index (χ0v) is 21.3. The maximum absolute atomic E-state index is 14.4. The van der Waals surface area contributed by atoms with Crippen molar-refractivity contribution in [2.75, 3.05) is 6.61 Å². The monoisotopic (exact) mass is 474 g/mol. The number of hydrogen-bond donors (Lipinski definition) is 2. The van der Waals surface area contributed by atoms with E-state index in [0.717, 1.165) is 6.42 Å². The fourth-order valence-electron chi connectivity index (χ4n) is 7.12. The van der Waals surface area contributed by atoms with Crippen LogP contribution in [-0.4, -0.2) is 52.4 Å². The molecule has 0 radical (unpaired) electrons. The van der Waals surface area contributed by atoms with Crippen molar-refractivity contribution in [1.82, 2.24) is 0 Å². The zero-order valence-electron chi connectivity index (χ0n) is 21.3. The average Bonchev–Trinajstić information content (AvgIpc) is 3.26. The van der Waals surface area contributed by atoms with E-state index in [0.29, 0.717) is 5.57 Å². The van der Waals surface area contributed by atoms with Gasteiger partial charge in [-0.25, -0.2) is 0 Å². The lowest BCUT2D eigenvalue weighted by molar-refractivity contribution is -0.203. The van der Waals surface area contributed by atoms with E-state index < -0.39 is 41.1 Å². The van der Waals surface area contributed by atoms with Gasteiger partial charge in [-0.1, -0.05) is 53.7 Å². The van der Waals surface area contributed by atoms with E-state index in [9.17, 15) is 24.6 Å². The van der Waals surface area contributed by atoms with Gasteiger partial charge in [-0.2, -0.15) is 0 Å². The lowest BCUT2D eigenvalue weighted by Crippen LogP contribution is -2.65. The standard InChI is InChI=1S/C27H38O7/c1-8-19(28)34-23-14(4)11-26-15(5)9-18-20(25(18,6)7)17(22(26)30)10-16(21(29)27(23,26)32)12-33-24(31)13(2)3/h10-11,13,15,17-18,20-21,23,29,32H,8-9,12H2,1-7H3/t15-,17+,18-,20+,21-,23+,26+,27+/m1/s1. The first-order chi connectivity index (χ1) is 15.7. The number of rotatable bonds is 5. The minimum atomic E-state index is -2.09. The van der Waals surface area contributed by atoms with Crippen molar-refractivity contribution in [1.29, 1.82) is 0 Å². The van der Waals surface area contributed by atoms with Crippen LogP contribution in [0.1, 0.15) is 61.3 Å². The van der Waals surface area contributed by atoms with Gasteiger partial charge in [-0.05, 0) is 47.7 Å². The van der Waals surface area contributed by atoms with E-state index >= 15 is 0 Å². The number of aliphatic hydroxyl groups excluding tert-OH is 1. The molecule has 7 heteroatoms. The van der Waals surface area contributed by atoms with Gasteiger partial charge in [0.1, 0.15) is 12.7 Å².